The van der Waals surface area contributed by atoms with Crippen molar-refractivity contribution in [2.45, 2.75) is 13.1 Å². The molecule has 0 spiro atoms. The van der Waals surface area contributed by atoms with E-state index in [1.165, 1.54) is 33.7 Å². The van der Waals surface area contributed by atoms with E-state index < -0.39 is 28.6 Å². The lowest BCUT2D eigenvalue weighted by Crippen LogP contribution is -2.41. The maximum Gasteiger partial charge on any atom is 0.341 e. The fourth-order valence-electron chi connectivity index (χ4n) is 2.64. The quantitative estimate of drug-likeness (QED) is 0.875. The summed E-state index contributed by atoms with van der Waals surface area (Å²) in [4.78, 5) is 36.8. The van der Waals surface area contributed by atoms with Crippen LogP contribution in [0.2, 0.25) is 0 Å². The van der Waals surface area contributed by atoms with Crippen LogP contribution in [0.15, 0.2) is 35.3 Å². The van der Waals surface area contributed by atoms with Crippen LogP contribution >= 0.6 is 0 Å². The normalized spacial score (nSPS) is 13.7. The highest BCUT2D eigenvalue weighted by Gasteiger charge is 2.30. The van der Waals surface area contributed by atoms with Crippen molar-refractivity contribution >= 4 is 11.9 Å². The summed E-state index contributed by atoms with van der Waals surface area (Å²) >= 11 is 0. The van der Waals surface area contributed by atoms with E-state index in [-0.39, 0.29) is 31.1 Å². The Bertz CT molecular complexity index is 889. The van der Waals surface area contributed by atoms with Gasteiger partial charge >= 0.3 is 5.97 Å². The summed E-state index contributed by atoms with van der Waals surface area (Å²) in [5, 5.41) is 18.9. The van der Waals surface area contributed by atoms with E-state index in [1.807, 2.05) is 0 Å². The lowest BCUT2D eigenvalue weighted by Gasteiger charge is -2.30. The van der Waals surface area contributed by atoms with Crippen molar-refractivity contribution in [1.82, 2.24) is 9.47 Å². The molecule has 7 nitrogen and oxygen atoms in total. The third-order valence-corrected chi connectivity index (χ3v) is 3.87. The van der Waals surface area contributed by atoms with Crippen molar-refractivity contribution < 1.29 is 24.2 Å². The summed E-state index contributed by atoms with van der Waals surface area (Å²) in [5.41, 5.74) is -1.22. The average molecular weight is 332 g/mol. The van der Waals surface area contributed by atoms with Crippen LogP contribution in [0.3, 0.4) is 0 Å². The van der Waals surface area contributed by atoms with E-state index in [0.29, 0.717) is 5.56 Å². The second-order valence-corrected chi connectivity index (χ2v) is 5.42. The van der Waals surface area contributed by atoms with Crippen LogP contribution in [-0.2, 0) is 13.1 Å². The lowest BCUT2D eigenvalue weighted by atomic mass is 10.1. The highest BCUT2D eigenvalue weighted by Crippen LogP contribution is 2.21. The van der Waals surface area contributed by atoms with Crippen molar-refractivity contribution in [3.8, 4) is 5.75 Å². The van der Waals surface area contributed by atoms with Gasteiger partial charge in [0.15, 0.2) is 11.4 Å². The highest BCUT2D eigenvalue weighted by molar-refractivity contribution is 5.97. The Morgan fingerprint density at radius 3 is 2.46 bits per heavy atom. The molecule has 0 bridgehead atoms. The van der Waals surface area contributed by atoms with E-state index in [0.717, 1.165) is 6.20 Å². The van der Waals surface area contributed by atoms with E-state index in [9.17, 15) is 23.9 Å². The second-order valence-electron chi connectivity index (χ2n) is 5.42. The van der Waals surface area contributed by atoms with Gasteiger partial charge in [-0.2, -0.15) is 0 Å². The number of nitrogens with zero attached hydrogens (tertiary/aromatic N) is 2. The SMILES string of the molecule is O=C(O)c1cn2c(c(O)c1=O)C(=O)N(Cc1ccc(F)cc1)CC2. The van der Waals surface area contributed by atoms with Crippen LogP contribution in [0, 0.1) is 5.82 Å². The topological polar surface area (TPSA) is 99.8 Å². The monoisotopic (exact) mass is 332 g/mol. The molecule has 0 unspecified atom stereocenters. The van der Waals surface area contributed by atoms with Crippen LogP contribution in [-0.4, -0.2) is 38.1 Å². The number of hydrogen-bond acceptors (Lipinski definition) is 4. The Labute approximate surface area is 135 Å². The summed E-state index contributed by atoms with van der Waals surface area (Å²) in [6.45, 7) is 0.689. The molecule has 24 heavy (non-hydrogen) atoms. The first-order valence-corrected chi connectivity index (χ1v) is 7.12. The van der Waals surface area contributed by atoms with Crippen LogP contribution in [0.4, 0.5) is 4.39 Å². The summed E-state index contributed by atoms with van der Waals surface area (Å²) in [5.74, 6) is -3.31. The molecule has 8 heteroatoms. The second kappa shape index (κ2) is 5.80. The van der Waals surface area contributed by atoms with Gasteiger partial charge in [-0.05, 0) is 17.7 Å². The van der Waals surface area contributed by atoms with Crippen LogP contribution in [0.25, 0.3) is 0 Å². The van der Waals surface area contributed by atoms with Crippen molar-refractivity contribution in [1.29, 1.82) is 0 Å². The van der Waals surface area contributed by atoms with Gasteiger partial charge in [-0.1, -0.05) is 12.1 Å². The number of fused-ring (bicyclic) bond motifs is 1. The zero-order chi connectivity index (χ0) is 17.4. The van der Waals surface area contributed by atoms with E-state index in [4.69, 9.17) is 5.11 Å². The molecule has 0 radical (unpaired) electrons. The number of aromatic hydroxyl groups is 1. The molecule has 1 aromatic heterocycles. The Balaban J connectivity index is 1.95. The minimum atomic E-state index is -1.47. The smallest absolute Gasteiger partial charge is 0.341 e. The average Bonchev–Trinajstić information content (AvgIpc) is 2.54. The largest absolute Gasteiger partial charge is 0.503 e. The standard InChI is InChI=1S/C16H13FN2O5/c17-10-3-1-9(2-4-10)7-19-6-5-18-8-11(16(23)24)13(20)14(21)12(18)15(19)22/h1-4,8,21H,5-7H2,(H,23,24). The first-order valence-electron chi connectivity index (χ1n) is 7.12. The molecule has 0 saturated heterocycles. The zero-order valence-electron chi connectivity index (χ0n) is 12.4. The van der Waals surface area contributed by atoms with Crippen molar-refractivity contribution in [3.05, 3.63) is 63.3 Å². The molecule has 2 aromatic rings. The number of pyridine rings is 1. The molecule has 2 N–H and O–H groups in total. The molecular formula is C16H13FN2O5. The number of halogens is 1. The Morgan fingerprint density at radius 1 is 1.17 bits per heavy atom. The maximum absolute atomic E-state index is 12.9. The van der Waals surface area contributed by atoms with Gasteiger partial charge in [0.25, 0.3) is 5.91 Å². The Morgan fingerprint density at radius 2 is 1.83 bits per heavy atom. The number of hydrogen-bond donors (Lipinski definition) is 2. The number of carbonyl (C=O) groups excluding carboxylic acids is 1. The molecule has 0 atom stereocenters. The minimum Gasteiger partial charge on any atom is -0.503 e. The number of carbonyl (C=O) groups is 2. The number of rotatable bonds is 3. The molecule has 0 fully saturated rings. The predicted molar refractivity (Wildman–Crippen MR) is 80.5 cm³/mol. The van der Waals surface area contributed by atoms with Crippen molar-refractivity contribution in [2.24, 2.45) is 0 Å². The first-order chi connectivity index (χ1) is 11.4. The van der Waals surface area contributed by atoms with Crippen molar-refractivity contribution in [3.63, 3.8) is 0 Å². The van der Waals surface area contributed by atoms with Gasteiger partial charge < -0.3 is 19.7 Å². The summed E-state index contributed by atoms with van der Waals surface area (Å²) in [6.07, 6.45) is 1.06. The van der Waals surface area contributed by atoms with Gasteiger partial charge in [-0.3, -0.25) is 9.59 Å². The van der Waals surface area contributed by atoms with Gasteiger partial charge in [0.1, 0.15) is 11.4 Å². The van der Waals surface area contributed by atoms with Crippen molar-refractivity contribution in [2.75, 3.05) is 6.54 Å². The van der Waals surface area contributed by atoms with E-state index >= 15 is 0 Å². The van der Waals surface area contributed by atoms with Gasteiger partial charge in [-0.25, -0.2) is 9.18 Å². The van der Waals surface area contributed by atoms with E-state index in [1.54, 1.807) is 0 Å². The molecule has 3 rings (SSSR count). The predicted octanol–water partition coefficient (Wildman–Crippen LogP) is 1.05. The molecular weight excluding hydrogens is 319 g/mol. The van der Waals surface area contributed by atoms with Crippen LogP contribution in [0.5, 0.6) is 5.75 Å². The highest BCUT2D eigenvalue weighted by atomic mass is 19.1. The molecule has 1 amide bonds. The summed E-state index contributed by atoms with van der Waals surface area (Å²) in [7, 11) is 0. The molecule has 2 heterocycles. The minimum absolute atomic E-state index is 0.188. The maximum atomic E-state index is 12.9. The fraction of sp³-hybridized carbons (Fsp3) is 0.188. The number of carboxylic acids is 1. The molecule has 1 aromatic carbocycles. The number of carboxylic acid groups (broad SMARTS) is 1. The third kappa shape index (κ3) is 2.62. The Hall–Kier alpha value is -3.16. The number of benzene rings is 1. The molecule has 1 aliphatic rings. The van der Waals surface area contributed by atoms with Gasteiger partial charge in [0, 0.05) is 25.8 Å². The molecule has 0 aliphatic carbocycles. The lowest BCUT2D eigenvalue weighted by molar-refractivity contribution is 0.0663. The number of aromatic carboxylic acids is 1. The van der Waals surface area contributed by atoms with Gasteiger partial charge in [0.2, 0.25) is 5.43 Å². The molecule has 1 aliphatic heterocycles. The summed E-state index contributed by atoms with van der Waals surface area (Å²) < 4.78 is 14.2. The number of aromatic nitrogens is 1. The fourth-order valence-corrected chi connectivity index (χ4v) is 2.64. The zero-order valence-corrected chi connectivity index (χ0v) is 12.4. The molecule has 124 valence electrons. The van der Waals surface area contributed by atoms with Crippen LogP contribution in [0.1, 0.15) is 26.4 Å². The van der Waals surface area contributed by atoms with Gasteiger partial charge in [-0.15, -0.1) is 0 Å². The third-order valence-electron chi connectivity index (χ3n) is 3.87. The van der Waals surface area contributed by atoms with Gasteiger partial charge in [0.05, 0.1) is 0 Å². The van der Waals surface area contributed by atoms with Crippen LogP contribution < -0.4 is 5.43 Å². The first kappa shape index (κ1) is 15.7. The summed E-state index contributed by atoms with van der Waals surface area (Å²) in [6, 6.07) is 5.63. The molecule has 0 saturated carbocycles. The van der Waals surface area contributed by atoms with E-state index in [2.05, 4.69) is 0 Å². The Kier molecular flexibility index (Phi) is 3.80. The number of amides is 1.